The van der Waals surface area contributed by atoms with Gasteiger partial charge < -0.3 is 14.0 Å². The molecular weight excluding hydrogens is 396 g/mol. The molecule has 0 unspecified atom stereocenters. The lowest BCUT2D eigenvalue weighted by Crippen LogP contribution is -2.48. The van der Waals surface area contributed by atoms with Gasteiger partial charge in [-0.1, -0.05) is 25.9 Å². The summed E-state index contributed by atoms with van der Waals surface area (Å²) in [7, 11) is -3.59. The molecule has 0 atom stereocenters. The summed E-state index contributed by atoms with van der Waals surface area (Å²) in [5.41, 5.74) is -0.193. The summed E-state index contributed by atoms with van der Waals surface area (Å²) in [6.45, 7) is 9.50. The smallest absolute Gasteiger partial charge is 0.243 e. The van der Waals surface area contributed by atoms with E-state index < -0.39 is 10.0 Å². The third-order valence-electron chi connectivity index (χ3n) is 4.96. The van der Waals surface area contributed by atoms with Gasteiger partial charge in [0.1, 0.15) is 13.2 Å². The Morgan fingerprint density at radius 2 is 1.72 bits per heavy atom. The number of aromatic nitrogens is 2. The van der Waals surface area contributed by atoms with Crippen LogP contribution in [0.2, 0.25) is 0 Å². The summed E-state index contributed by atoms with van der Waals surface area (Å²) in [5.74, 6) is 2.28. The normalized spacial score (nSPS) is 18.7. The molecule has 1 saturated heterocycles. The van der Waals surface area contributed by atoms with Crippen LogP contribution in [0.25, 0.3) is 0 Å². The molecule has 1 aromatic heterocycles. The lowest BCUT2D eigenvalue weighted by molar-refractivity contribution is 0.170. The van der Waals surface area contributed by atoms with Gasteiger partial charge in [0.2, 0.25) is 15.9 Å². The Morgan fingerprint density at radius 3 is 2.38 bits per heavy atom. The first kappa shape index (κ1) is 20.1. The Balaban J connectivity index is 1.39. The second kappa shape index (κ2) is 7.58. The SMILES string of the molecule is CC(C)(C)c1nc(CN2CCN(S(=O)(=O)c3ccc4c(c3)OCCO4)CC2)no1. The molecule has 0 bridgehead atoms. The summed E-state index contributed by atoms with van der Waals surface area (Å²) in [4.78, 5) is 6.81. The maximum Gasteiger partial charge on any atom is 0.243 e. The molecular formula is C19H26N4O5S. The number of rotatable bonds is 4. The van der Waals surface area contributed by atoms with Crippen LogP contribution in [0.15, 0.2) is 27.6 Å². The minimum Gasteiger partial charge on any atom is -0.486 e. The predicted molar refractivity (Wildman–Crippen MR) is 104 cm³/mol. The average molecular weight is 423 g/mol. The molecule has 1 aromatic carbocycles. The van der Waals surface area contributed by atoms with Crippen LogP contribution in [-0.2, 0) is 22.0 Å². The molecule has 9 nitrogen and oxygen atoms in total. The Hall–Kier alpha value is -2.17. The summed E-state index contributed by atoms with van der Waals surface area (Å²) < 4.78 is 43.9. The number of hydrogen-bond donors (Lipinski definition) is 0. The van der Waals surface area contributed by atoms with Crippen LogP contribution in [0.3, 0.4) is 0 Å². The van der Waals surface area contributed by atoms with Gasteiger partial charge in [-0.25, -0.2) is 8.42 Å². The second-order valence-electron chi connectivity index (χ2n) is 8.25. The molecule has 29 heavy (non-hydrogen) atoms. The van der Waals surface area contributed by atoms with Gasteiger partial charge in [-0.05, 0) is 12.1 Å². The maximum atomic E-state index is 13.0. The first-order valence-corrected chi connectivity index (χ1v) is 11.1. The minimum atomic E-state index is -3.59. The molecule has 0 amide bonds. The van der Waals surface area contributed by atoms with E-state index in [4.69, 9.17) is 14.0 Å². The quantitative estimate of drug-likeness (QED) is 0.734. The Kier molecular flexibility index (Phi) is 5.26. The molecule has 4 rings (SSSR count). The van der Waals surface area contributed by atoms with Gasteiger partial charge in [0.15, 0.2) is 17.3 Å². The third kappa shape index (κ3) is 4.24. The number of fused-ring (bicyclic) bond motifs is 1. The second-order valence-corrected chi connectivity index (χ2v) is 10.2. The Labute approximate surface area is 170 Å². The van der Waals surface area contributed by atoms with Crippen molar-refractivity contribution in [3.63, 3.8) is 0 Å². The fraction of sp³-hybridized carbons (Fsp3) is 0.579. The van der Waals surface area contributed by atoms with Crippen LogP contribution in [0.5, 0.6) is 11.5 Å². The summed E-state index contributed by atoms with van der Waals surface area (Å²) in [6, 6.07) is 4.77. The van der Waals surface area contributed by atoms with Crippen molar-refractivity contribution < 1.29 is 22.4 Å². The summed E-state index contributed by atoms with van der Waals surface area (Å²) >= 11 is 0. The van der Waals surface area contributed by atoms with E-state index in [9.17, 15) is 8.42 Å². The zero-order chi connectivity index (χ0) is 20.6. The number of sulfonamides is 1. The van der Waals surface area contributed by atoms with Gasteiger partial charge in [-0.2, -0.15) is 9.29 Å². The Bertz CT molecular complexity index is 975. The van der Waals surface area contributed by atoms with Crippen LogP contribution in [0.1, 0.15) is 32.5 Å². The molecule has 2 aromatic rings. The number of benzene rings is 1. The molecule has 0 N–H and O–H groups in total. The molecule has 0 saturated carbocycles. The van der Waals surface area contributed by atoms with Crippen molar-refractivity contribution in [2.75, 3.05) is 39.4 Å². The highest BCUT2D eigenvalue weighted by Gasteiger charge is 2.30. The first-order chi connectivity index (χ1) is 13.7. The van der Waals surface area contributed by atoms with Crippen LogP contribution in [0, 0.1) is 0 Å². The summed E-state index contributed by atoms with van der Waals surface area (Å²) in [6.07, 6.45) is 0. The largest absolute Gasteiger partial charge is 0.486 e. The zero-order valence-corrected chi connectivity index (χ0v) is 17.7. The Morgan fingerprint density at radius 1 is 1.03 bits per heavy atom. The van der Waals surface area contributed by atoms with Crippen molar-refractivity contribution in [3.05, 3.63) is 29.9 Å². The number of ether oxygens (including phenoxy) is 2. The highest BCUT2D eigenvalue weighted by Crippen LogP contribution is 2.33. The molecule has 0 aliphatic carbocycles. The molecule has 2 aliphatic heterocycles. The highest BCUT2D eigenvalue weighted by molar-refractivity contribution is 7.89. The number of nitrogens with zero attached hydrogens (tertiary/aromatic N) is 4. The van der Waals surface area contributed by atoms with Crippen molar-refractivity contribution >= 4 is 10.0 Å². The van der Waals surface area contributed by atoms with Crippen LogP contribution >= 0.6 is 0 Å². The monoisotopic (exact) mass is 422 g/mol. The van der Waals surface area contributed by atoms with E-state index in [1.165, 1.54) is 4.31 Å². The fourth-order valence-corrected chi connectivity index (χ4v) is 4.72. The minimum absolute atomic E-state index is 0.193. The van der Waals surface area contributed by atoms with Gasteiger partial charge in [-0.15, -0.1) is 0 Å². The third-order valence-corrected chi connectivity index (χ3v) is 6.85. The van der Waals surface area contributed by atoms with Crippen molar-refractivity contribution in [1.29, 1.82) is 0 Å². The van der Waals surface area contributed by atoms with Gasteiger partial charge in [0.05, 0.1) is 11.4 Å². The molecule has 3 heterocycles. The van der Waals surface area contributed by atoms with Gasteiger partial charge >= 0.3 is 0 Å². The lowest BCUT2D eigenvalue weighted by Gasteiger charge is -2.33. The number of hydrogen-bond acceptors (Lipinski definition) is 8. The molecule has 0 spiro atoms. The molecule has 2 aliphatic rings. The van der Waals surface area contributed by atoms with Crippen molar-refractivity contribution in [1.82, 2.24) is 19.3 Å². The molecule has 10 heteroatoms. The fourth-order valence-electron chi connectivity index (χ4n) is 3.28. The number of piperazine rings is 1. The maximum absolute atomic E-state index is 13.0. The van der Waals surface area contributed by atoms with Crippen molar-refractivity contribution in [2.45, 2.75) is 37.6 Å². The van der Waals surface area contributed by atoms with Crippen LogP contribution in [0.4, 0.5) is 0 Å². The molecule has 0 radical (unpaired) electrons. The van der Waals surface area contributed by atoms with Gasteiger partial charge in [-0.3, -0.25) is 4.90 Å². The molecule has 1 fully saturated rings. The first-order valence-electron chi connectivity index (χ1n) is 9.69. The van der Waals surface area contributed by atoms with E-state index in [0.29, 0.717) is 69.2 Å². The highest BCUT2D eigenvalue weighted by atomic mass is 32.2. The average Bonchev–Trinajstić information content (AvgIpc) is 3.17. The standard InChI is InChI=1S/C19H26N4O5S/c1-19(2,3)18-20-17(21-28-18)13-22-6-8-23(9-7-22)29(24,25)14-4-5-15-16(12-14)27-11-10-26-15/h4-5,12H,6-11,13H2,1-3H3. The van der Waals surface area contributed by atoms with E-state index >= 15 is 0 Å². The molecule has 158 valence electrons. The van der Waals surface area contributed by atoms with Gasteiger partial charge in [0.25, 0.3) is 0 Å². The van der Waals surface area contributed by atoms with E-state index in [2.05, 4.69) is 15.0 Å². The van der Waals surface area contributed by atoms with Crippen LogP contribution in [-0.4, -0.2) is 67.2 Å². The van der Waals surface area contributed by atoms with Crippen LogP contribution < -0.4 is 9.47 Å². The summed E-state index contributed by atoms with van der Waals surface area (Å²) in [5, 5.41) is 4.05. The van der Waals surface area contributed by atoms with Crippen molar-refractivity contribution in [3.8, 4) is 11.5 Å². The van der Waals surface area contributed by atoms with Crippen molar-refractivity contribution in [2.24, 2.45) is 0 Å². The van der Waals surface area contributed by atoms with E-state index in [1.807, 2.05) is 20.8 Å². The topological polar surface area (TPSA) is 98.0 Å². The van der Waals surface area contributed by atoms with E-state index in [-0.39, 0.29) is 10.3 Å². The zero-order valence-electron chi connectivity index (χ0n) is 16.9. The lowest BCUT2D eigenvalue weighted by atomic mass is 9.97. The van der Waals surface area contributed by atoms with Gasteiger partial charge in [0, 0.05) is 37.7 Å². The van der Waals surface area contributed by atoms with E-state index in [0.717, 1.165) is 0 Å². The van der Waals surface area contributed by atoms with E-state index in [1.54, 1.807) is 18.2 Å². The predicted octanol–water partition coefficient (Wildman–Crippen LogP) is 1.64.